The molecule has 2 aliphatic heterocycles. The van der Waals surface area contributed by atoms with Gasteiger partial charge in [-0.05, 0) is 90.4 Å². The molecule has 0 spiro atoms. The maximum atomic E-state index is 6.66. The van der Waals surface area contributed by atoms with Crippen LogP contribution in [0.2, 0.25) is 0 Å². The third-order valence-corrected chi connectivity index (χ3v) is 6.80. The Hall–Kier alpha value is -2.47. The third kappa shape index (κ3) is 3.61. The first-order chi connectivity index (χ1) is 14.9. The fourth-order valence-electron chi connectivity index (χ4n) is 4.93. The van der Waals surface area contributed by atoms with Crippen molar-refractivity contribution in [2.45, 2.75) is 38.8 Å². The van der Waals surface area contributed by atoms with Crippen molar-refractivity contribution in [3.63, 3.8) is 0 Å². The van der Waals surface area contributed by atoms with Gasteiger partial charge in [0.25, 0.3) is 0 Å². The second-order valence-corrected chi connectivity index (χ2v) is 10.1. The molecular formula is C27H26INO2. The average molecular weight is 523 g/mol. The SMILES string of the molecule is COc1cccc2c1-c1ccc3c(c1C(Cc1ccc(I)cc1)O2)C(C)=CC(C)(C)N3. The molecule has 2 aliphatic rings. The fourth-order valence-corrected chi connectivity index (χ4v) is 5.29. The van der Waals surface area contributed by atoms with Crippen LogP contribution in [0.1, 0.15) is 43.6 Å². The van der Waals surface area contributed by atoms with E-state index in [1.54, 1.807) is 7.11 Å². The molecule has 0 radical (unpaired) electrons. The summed E-state index contributed by atoms with van der Waals surface area (Å²) in [6.07, 6.45) is 3.05. The molecule has 3 nitrogen and oxygen atoms in total. The normalized spacial score (nSPS) is 18.0. The van der Waals surface area contributed by atoms with Gasteiger partial charge in [-0.2, -0.15) is 0 Å². The fraction of sp³-hybridized carbons (Fsp3) is 0.259. The minimum atomic E-state index is -0.0813. The van der Waals surface area contributed by atoms with E-state index < -0.39 is 0 Å². The van der Waals surface area contributed by atoms with Crippen LogP contribution in [-0.2, 0) is 6.42 Å². The number of allylic oxidation sites excluding steroid dienone is 1. The van der Waals surface area contributed by atoms with Crippen LogP contribution < -0.4 is 14.8 Å². The van der Waals surface area contributed by atoms with Gasteiger partial charge in [-0.15, -0.1) is 0 Å². The number of nitrogens with one attached hydrogen (secondary N) is 1. The van der Waals surface area contributed by atoms with Crippen molar-refractivity contribution in [3.05, 3.63) is 80.9 Å². The second-order valence-electron chi connectivity index (χ2n) is 8.89. The molecule has 0 bridgehead atoms. The quantitative estimate of drug-likeness (QED) is 0.367. The van der Waals surface area contributed by atoms with Gasteiger partial charge in [0.05, 0.1) is 18.2 Å². The van der Waals surface area contributed by atoms with Gasteiger partial charge in [0, 0.05) is 26.8 Å². The molecule has 2 heterocycles. The highest BCUT2D eigenvalue weighted by Gasteiger charge is 2.34. The summed E-state index contributed by atoms with van der Waals surface area (Å²) >= 11 is 2.35. The number of hydrogen-bond acceptors (Lipinski definition) is 3. The zero-order chi connectivity index (χ0) is 21.8. The summed E-state index contributed by atoms with van der Waals surface area (Å²) < 4.78 is 13.6. The van der Waals surface area contributed by atoms with Gasteiger partial charge in [0.15, 0.2) is 0 Å². The van der Waals surface area contributed by atoms with E-state index in [1.165, 1.54) is 37.1 Å². The van der Waals surface area contributed by atoms with Crippen LogP contribution in [0.3, 0.4) is 0 Å². The van der Waals surface area contributed by atoms with E-state index in [1.807, 2.05) is 18.2 Å². The highest BCUT2D eigenvalue weighted by atomic mass is 127. The maximum Gasteiger partial charge on any atom is 0.131 e. The summed E-state index contributed by atoms with van der Waals surface area (Å²) in [6.45, 7) is 6.62. The lowest BCUT2D eigenvalue weighted by molar-refractivity contribution is 0.201. The number of methoxy groups -OCH3 is 1. The van der Waals surface area contributed by atoms with Crippen molar-refractivity contribution < 1.29 is 9.47 Å². The molecule has 0 saturated carbocycles. The number of rotatable bonds is 3. The van der Waals surface area contributed by atoms with Crippen molar-refractivity contribution in [1.82, 2.24) is 0 Å². The molecule has 1 unspecified atom stereocenters. The smallest absolute Gasteiger partial charge is 0.131 e. The average Bonchev–Trinajstić information content (AvgIpc) is 2.73. The summed E-state index contributed by atoms with van der Waals surface area (Å²) in [5, 5.41) is 3.70. The highest BCUT2D eigenvalue weighted by Crippen LogP contribution is 2.52. The van der Waals surface area contributed by atoms with Gasteiger partial charge in [-0.1, -0.05) is 30.3 Å². The third-order valence-electron chi connectivity index (χ3n) is 6.08. The van der Waals surface area contributed by atoms with Crippen LogP contribution in [0.25, 0.3) is 16.7 Å². The number of halogens is 1. The molecule has 1 N–H and O–H groups in total. The number of ether oxygens (including phenoxy) is 2. The molecule has 0 fully saturated rings. The predicted octanol–water partition coefficient (Wildman–Crippen LogP) is 7.25. The first-order valence-electron chi connectivity index (χ1n) is 10.6. The van der Waals surface area contributed by atoms with Crippen molar-refractivity contribution in [1.29, 1.82) is 0 Å². The molecule has 0 aliphatic carbocycles. The number of benzene rings is 3. The molecule has 0 amide bonds. The predicted molar refractivity (Wildman–Crippen MR) is 136 cm³/mol. The Morgan fingerprint density at radius 1 is 1.03 bits per heavy atom. The van der Waals surface area contributed by atoms with Crippen LogP contribution >= 0.6 is 22.6 Å². The Bertz CT molecular complexity index is 1190. The van der Waals surface area contributed by atoms with Gasteiger partial charge in [0.1, 0.15) is 17.6 Å². The summed E-state index contributed by atoms with van der Waals surface area (Å²) in [6, 6.07) is 19.2. The monoisotopic (exact) mass is 523 g/mol. The maximum absolute atomic E-state index is 6.66. The Kier molecular flexibility index (Phi) is 5.00. The minimum absolute atomic E-state index is 0.0732. The standard InChI is InChI=1S/C27H26INO2/c1-16-15-27(2,3)29-20-13-12-19-25-21(30-4)6-5-7-22(25)31-23(26(19)24(16)20)14-17-8-10-18(28)11-9-17/h5-13,15,23,29H,14H2,1-4H3. The van der Waals surface area contributed by atoms with E-state index in [-0.39, 0.29) is 11.6 Å². The van der Waals surface area contributed by atoms with E-state index in [9.17, 15) is 0 Å². The van der Waals surface area contributed by atoms with E-state index in [0.717, 1.165) is 23.5 Å². The number of hydrogen-bond donors (Lipinski definition) is 1. The Balaban J connectivity index is 1.73. The van der Waals surface area contributed by atoms with E-state index in [0.29, 0.717) is 0 Å². The molecule has 1 atom stereocenters. The van der Waals surface area contributed by atoms with Crippen LogP contribution in [0.4, 0.5) is 5.69 Å². The molecular weight excluding hydrogens is 497 g/mol. The molecule has 31 heavy (non-hydrogen) atoms. The molecule has 3 aromatic rings. The Morgan fingerprint density at radius 3 is 2.55 bits per heavy atom. The van der Waals surface area contributed by atoms with Crippen LogP contribution in [0.5, 0.6) is 11.5 Å². The first-order valence-corrected chi connectivity index (χ1v) is 11.7. The second kappa shape index (κ2) is 7.59. The Morgan fingerprint density at radius 2 is 1.81 bits per heavy atom. The van der Waals surface area contributed by atoms with Crippen LogP contribution in [0, 0.1) is 3.57 Å². The van der Waals surface area contributed by atoms with Gasteiger partial charge >= 0.3 is 0 Å². The molecule has 0 saturated heterocycles. The van der Waals surface area contributed by atoms with Crippen molar-refractivity contribution >= 4 is 33.9 Å². The Labute approximate surface area is 197 Å². The van der Waals surface area contributed by atoms with E-state index in [4.69, 9.17) is 9.47 Å². The summed E-state index contributed by atoms with van der Waals surface area (Å²) in [4.78, 5) is 0. The lowest BCUT2D eigenvalue weighted by Crippen LogP contribution is -2.32. The first kappa shape index (κ1) is 20.4. The van der Waals surface area contributed by atoms with Gasteiger partial charge in [0.2, 0.25) is 0 Å². The topological polar surface area (TPSA) is 30.5 Å². The highest BCUT2D eigenvalue weighted by molar-refractivity contribution is 14.1. The number of anilines is 1. The van der Waals surface area contributed by atoms with Gasteiger partial charge in [-0.25, -0.2) is 0 Å². The zero-order valence-electron chi connectivity index (χ0n) is 18.3. The van der Waals surface area contributed by atoms with Crippen LogP contribution in [-0.4, -0.2) is 12.6 Å². The molecule has 4 heteroatoms. The minimum Gasteiger partial charge on any atom is -0.496 e. The van der Waals surface area contributed by atoms with Crippen molar-refractivity contribution in [2.75, 3.05) is 12.4 Å². The molecule has 3 aromatic carbocycles. The zero-order valence-corrected chi connectivity index (χ0v) is 20.4. The van der Waals surface area contributed by atoms with E-state index >= 15 is 0 Å². The lowest BCUT2D eigenvalue weighted by atomic mass is 9.80. The van der Waals surface area contributed by atoms with Crippen molar-refractivity contribution in [3.8, 4) is 22.6 Å². The van der Waals surface area contributed by atoms with Gasteiger partial charge in [-0.3, -0.25) is 0 Å². The summed E-state index contributed by atoms with van der Waals surface area (Å²) in [7, 11) is 1.72. The summed E-state index contributed by atoms with van der Waals surface area (Å²) in [5.74, 6) is 1.73. The van der Waals surface area contributed by atoms with Gasteiger partial charge < -0.3 is 14.8 Å². The summed E-state index contributed by atoms with van der Waals surface area (Å²) in [5.41, 5.74) is 8.37. The molecule has 158 valence electrons. The molecule has 5 rings (SSSR count). The van der Waals surface area contributed by atoms with Crippen molar-refractivity contribution in [2.24, 2.45) is 0 Å². The lowest BCUT2D eigenvalue weighted by Gasteiger charge is -2.37. The van der Waals surface area contributed by atoms with Crippen LogP contribution in [0.15, 0.2) is 60.7 Å². The largest absolute Gasteiger partial charge is 0.496 e. The number of fused-ring (bicyclic) bond motifs is 5. The molecule has 0 aromatic heterocycles. The van der Waals surface area contributed by atoms with E-state index in [2.05, 4.69) is 91.2 Å².